The van der Waals surface area contributed by atoms with Crippen LogP contribution in [0.25, 0.3) is 17.3 Å². The van der Waals surface area contributed by atoms with Crippen molar-refractivity contribution in [2.45, 2.75) is 37.3 Å². The monoisotopic (exact) mass is 691 g/mol. The van der Waals surface area contributed by atoms with Gasteiger partial charge >= 0.3 is 0 Å². The fourth-order valence-corrected chi connectivity index (χ4v) is 6.67. The van der Waals surface area contributed by atoms with E-state index in [0.29, 0.717) is 22.8 Å². The number of thiazole rings is 1. The van der Waals surface area contributed by atoms with Gasteiger partial charge in [-0.05, 0) is 62.7 Å². The zero-order chi connectivity index (χ0) is 34.9. The van der Waals surface area contributed by atoms with E-state index in [9.17, 15) is 24.5 Å². The summed E-state index contributed by atoms with van der Waals surface area (Å²) in [5, 5.41) is 20.1. The molecule has 1 atom stereocenters. The lowest BCUT2D eigenvalue weighted by Crippen LogP contribution is -2.30. The van der Waals surface area contributed by atoms with Crippen LogP contribution in [0.5, 0.6) is 0 Å². The summed E-state index contributed by atoms with van der Waals surface area (Å²) in [6.45, 7) is 5.92. The van der Waals surface area contributed by atoms with Gasteiger partial charge < -0.3 is 16.0 Å². The maximum atomic E-state index is 13.6. The SMILES string of the molecule is CCC(Sc1cccc(NC(=O)/C(=C\c2ccccc2[N+](=O)[O-])NC(=O)c2ccccc2)c1)C(=O)Nc1nc(-c2ccc(C)cc2)c(C)s1. The molecule has 0 saturated carbocycles. The number of benzene rings is 4. The molecule has 0 spiro atoms. The predicted molar refractivity (Wildman–Crippen MR) is 196 cm³/mol. The van der Waals surface area contributed by atoms with Crippen LogP contribution < -0.4 is 16.0 Å². The number of thioether (sulfide) groups is 1. The molecule has 10 nitrogen and oxygen atoms in total. The second-order valence-corrected chi connectivity index (χ2v) is 13.4. The van der Waals surface area contributed by atoms with Crippen LogP contribution in [0, 0.1) is 24.0 Å². The minimum absolute atomic E-state index is 0.147. The van der Waals surface area contributed by atoms with Crippen LogP contribution in [-0.4, -0.2) is 32.9 Å². The number of aryl methyl sites for hydroxylation is 2. The number of aromatic nitrogens is 1. The van der Waals surface area contributed by atoms with Crippen LogP contribution in [0.4, 0.5) is 16.5 Å². The van der Waals surface area contributed by atoms with Crippen molar-refractivity contribution in [3.8, 4) is 11.3 Å². The van der Waals surface area contributed by atoms with Gasteiger partial charge in [-0.25, -0.2) is 4.98 Å². The standard InChI is InChI=1S/C37H33N5O5S2/c1-4-32(36(45)41-37-40-33(24(3)48-37)25-19-17-23(2)18-20-25)49-29-15-10-14-28(22-29)38-35(44)30(39-34(43)26-11-6-5-7-12-26)21-27-13-8-9-16-31(27)42(46)47/h5-22,32H,4H2,1-3H3,(H,38,44)(H,39,43)(H,40,41,45)/b30-21+. The molecule has 49 heavy (non-hydrogen) atoms. The van der Waals surface area contributed by atoms with E-state index in [2.05, 4.69) is 20.9 Å². The van der Waals surface area contributed by atoms with Crippen LogP contribution in [0.2, 0.25) is 0 Å². The maximum absolute atomic E-state index is 13.6. The van der Waals surface area contributed by atoms with Crippen molar-refractivity contribution in [1.29, 1.82) is 0 Å². The molecule has 248 valence electrons. The molecule has 3 amide bonds. The number of amides is 3. The number of nitro groups is 1. The zero-order valence-corrected chi connectivity index (χ0v) is 28.6. The van der Waals surface area contributed by atoms with Gasteiger partial charge in [0.1, 0.15) is 5.70 Å². The first kappa shape index (κ1) is 34.7. The van der Waals surface area contributed by atoms with Gasteiger partial charge in [-0.15, -0.1) is 23.1 Å². The fraction of sp³-hybridized carbons (Fsp3) is 0.135. The first-order chi connectivity index (χ1) is 23.6. The lowest BCUT2D eigenvalue weighted by Gasteiger charge is -2.15. The van der Waals surface area contributed by atoms with Gasteiger partial charge in [-0.2, -0.15) is 0 Å². The number of rotatable bonds is 12. The summed E-state index contributed by atoms with van der Waals surface area (Å²) in [5.41, 5.74) is 3.44. The molecule has 4 aromatic carbocycles. The van der Waals surface area contributed by atoms with E-state index in [0.717, 1.165) is 26.6 Å². The van der Waals surface area contributed by atoms with E-state index in [-0.39, 0.29) is 22.9 Å². The number of hydrogen-bond acceptors (Lipinski definition) is 8. The van der Waals surface area contributed by atoms with Crippen molar-refractivity contribution in [1.82, 2.24) is 10.3 Å². The highest BCUT2D eigenvalue weighted by Gasteiger charge is 2.22. The Morgan fingerprint density at radius 2 is 1.63 bits per heavy atom. The second kappa shape index (κ2) is 16.0. The van der Waals surface area contributed by atoms with Gasteiger partial charge in [0.15, 0.2) is 5.13 Å². The molecule has 0 aliphatic rings. The van der Waals surface area contributed by atoms with E-state index in [4.69, 9.17) is 0 Å². The molecule has 5 rings (SSSR count). The van der Waals surface area contributed by atoms with Crippen molar-refractivity contribution in [3.63, 3.8) is 0 Å². The molecular formula is C37H33N5O5S2. The summed E-state index contributed by atoms with van der Waals surface area (Å²) in [5.74, 6) is -1.43. The quantitative estimate of drug-likeness (QED) is 0.0517. The summed E-state index contributed by atoms with van der Waals surface area (Å²) in [7, 11) is 0. The first-order valence-electron chi connectivity index (χ1n) is 15.4. The third-order valence-electron chi connectivity index (χ3n) is 7.35. The minimum atomic E-state index is -0.683. The highest BCUT2D eigenvalue weighted by Crippen LogP contribution is 2.33. The molecule has 1 heterocycles. The number of nitrogens with one attached hydrogen (secondary N) is 3. The topological polar surface area (TPSA) is 143 Å². The Bertz CT molecular complexity index is 2030. The Balaban J connectivity index is 1.31. The molecule has 0 aliphatic carbocycles. The van der Waals surface area contributed by atoms with Crippen molar-refractivity contribution in [2.24, 2.45) is 0 Å². The molecule has 0 aliphatic heterocycles. The van der Waals surface area contributed by atoms with E-state index < -0.39 is 22.0 Å². The molecular weight excluding hydrogens is 659 g/mol. The lowest BCUT2D eigenvalue weighted by molar-refractivity contribution is -0.385. The molecule has 0 saturated heterocycles. The molecule has 0 bridgehead atoms. The number of para-hydroxylation sites is 1. The average molecular weight is 692 g/mol. The van der Waals surface area contributed by atoms with E-state index in [1.807, 2.05) is 51.1 Å². The van der Waals surface area contributed by atoms with Crippen LogP contribution in [0.3, 0.4) is 0 Å². The van der Waals surface area contributed by atoms with Crippen LogP contribution in [-0.2, 0) is 9.59 Å². The molecule has 0 fully saturated rings. The van der Waals surface area contributed by atoms with Crippen LogP contribution in [0.15, 0.2) is 114 Å². The highest BCUT2D eigenvalue weighted by atomic mass is 32.2. The van der Waals surface area contributed by atoms with E-state index in [1.165, 1.54) is 47.4 Å². The maximum Gasteiger partial charge on any atom is 0.276 e. The summed E-state index contributed by atoms with van der Waals surface area (Å²) in [6.07, 6.45) is 1.81. The average Bonchev–Trinajstić information content (AvgIpc) is 3.46. The van der Waals surface area contributed by atoms with Gasteiger partial charge in [0.25, 0.3) is 17.5 Å². The molecule has 0 radical (unpaired) electrons. The van der Waals surface area contributed by atoms with E-state index in [1.54, 1.807) is 54.6 Å². The Kier molecular flexibility index (Phi) is 11.3. The van der Waals surface area contributed by atoms with Gasteiger partial charge in [0.2, 0.25) is 5.91 Å². The van der Waals surface area contributed by atoms with Gasteiger partial charge in [-0.3, -0.25) is 24.5 Å². The molecule has 1 unspecified atom stereocenters. The third kappa shape index (κ3) is 9.06. The molecule has 3 N–H and O–H groups in total. The minimum Gasteiger partial charge on any atom is -0.321 e. The van der Waals surface area contributed by atoms with Crippen molar-refractivity contribution < 1.29 is 19.3 Å². The Hall–Kier alpha value is -5.59. The first-order valence-corrected chi connectivity index (χ1v) is 17.1. The number of carbonyl (C=O) groups excluding carboxylic acids is 3. The molecule has 5 aromatic rings. The fourth-order valence-electron chi connectivity index (χ4n) is 4.82. The van der Waals surface area contributed by atoms with Crippen molar-refractivity contribution in [3.05, 3.63) is 141 Å². The largest absolute Gasteiger partial charge is 0.321 e. The normalized spacial score (nSPS) is 11.8. The Morgan fingerprint density at radius 3 is 2.35 bits per heavy atom. The Morgan fingerprint density at radius 1 is 0.918 bits per heavy atom. The van der Waals surface area contributed by atoms with Gasteiger partial charge in [0, 0.05) is 32.7 Å². The van der Waals surface area contributed by atoms with E-state index >= 15 is 0 Å². The summed E-state index contributed by atoms with van der Waals surface area (Å²) < 4.78 is 0. The van der Waals surface area contributed by atoms with Crippen molar-refractivity contribution in [2.75, 3.05) is 10.6 Å². The molecule has 12 heteroatoms. The Labute approximate surface area is 291 Å². The second-order valence-electron chi connectivity index (χ2n) is 11.0. The zero-order valence-electron chi connectivity index (χ0n) is 26.9. The summed E-state index contributed by atoms with van der Waals surface area (Å²) in [6, 6.07) is 29.3. The highest BCUT2D eigenvalue weighted by molar-refractivity contribution is 8.00. The number of nitro benzene ring substituents is 1. The van der Waals surface area contributed by atoms with Gasteiger partial charge in [-0.1, -0.05) is 73.2 Å². The number of hydrogen-bond donors (Lipinski definition) is 3. The number of anilines is 2. The third-order valence-corrected chi connectivity index (χ3v) is 9.59. The molecule has 1 aromatic heterocycles. The summed E-state index contributed by atoms with van der Waals surface area (Å²) >= 11 is 2.77. The summed E-state index contributed by atoms with van der Waals surface area (Å²) in [4.78, 5) is 57.4. The van der Waals surface area contributed by atoms with Crippen LogP contribution >= 0.6 is 23.1 Å². The van der Waals surface area contributed by atoms with Crippen LogP contribution in [0.1, 0.15) is 39.7 Å². The van der Waals surface area contributed by atoms with Gasteiger partial charge in [0.05, 0.1) is 21.4 Å². The number of nitrogens with zero attached hydrogens (tertiary/aromatic N) is 2. The smallest absolute Gasteiger partial charge is 0.276 e. The predicted octanol–water partition coefficient (Wildman–Crippen LogP) is 8.25. The lowest BCUT2D eigenvalue weighted by atomic mass is 10.1. The number of carbonyl (C=O) groups is 3. The van der Waals surface area contributed by atoms with Crippen molar-refractivity contribution >= 4 is 63.4 Å².